The number of Topliss-reactive ketones (excluding diaryl/α,β-unsaturated/α-hetero) is 1. The maximum Gasteiger partial charge on any atom is 0.166 e. The first-order valence-corrected chi connectivity index (χ1v) is 8.35. The van der Waals surface area contributed by atoms with Crippen molar-refractivity contribution in [1.29, 1.82) is 0 Å². The van der Waals surface area contributed by atoms with Crippen LogP contribution in [-0.2, 0) is 11.3 Å². The molecule has 0 amide bonds. The Balaban J connectivity index is 1.78. The number of carbonyl (C=O) groups excluding carboxylic acids is 1. The molecule has 0 saturated heterocycles. The predicted octanol–water partition coefficient (Wildman–Crippen LogP) is 3.39. The van der Waals surface area contributed by atoms with Crippen LogP contribution in [0.25, 0.3) is 0 Å². The molecule has 0 aliphatic heterocycles. The number of hydrogen-bond acceptors (Lipinski definition) is 5. The van der Waals surface area contributed by atoms with Crippen molar-refractivity contribution in [3.63, 3.8) is 0 Å². The Labute approximate surface area is 147 Å². The van der Waals surface area contributed by atoms with Gasteiger partial charge in [-0.2, -0.15) is 0 Å². The molecule has 0 unspecified atom stereocenters. The number of pyridine rings is 1. The third kappa shape index (κ3) is 4.26. The van der Waals surface area contributed by atoms with Gasteiger partial charge in [-0.05, 0) is 42.7 Å². The van der Waals surface area contributed by atoms with Crippen LogP contribution in [0.15, 0.2) is 72.2 Å². The molecule has 2 aromatic rings. The van der Waals surface area contributed by atoms with Crippen LogP contribution in [0.5, 0.6) is 0 Å². The van der Waals surface area contributed by atoms with Gasteiger partial charge in [0.2, 0.25) is 0 Å². The average Bonchev–Trinajstić information content (AvgIpc) is 2.61. The molecule has 0 spiro atoms. The van der Waals surface area contributed by atoms with E-state index in [2.05, 4.69) is 22.2 Å². The SMILES string of the molecule is C=C(Nc1ccccc1)C1=C(NCc2ccnc(N)c2)CCCC1=O. The highest BCUT2D eigenvalue weighted by Gasteiger charge is 2.23. The molecule has 1 aliphatic rings. The second kappa shape index (κ2) is 7.66. The summed E-state index contributed by atoms with van der Waals surface area (Å²) in [5.74, 6) is 0.611. The Hall–Kier alpha value is -3.08. The number of carbonyl (C=O) groups is 1. The molecule has 1 heterocycles. The summed E-state index contributed by atoms with van der Waals surface area (Å²) >= 11 is 0. The van der Waals surface area contributed by atoms with E-state index in [1.165, 1.54) is 0 Å². The number of para-hydroxylation sites is 1. The summed E-state index contributed by atoms with van der Waals surface area (Å²) < 4.78 is 0. The van der Waals surface area contributed by atoms with Crippen LogP contribution >= 0.6 is 0 Å². The highest BCUT2D eigenvalue weighted by molar-refractivity contribution is 6.01. The van der Waals surface area contributed by atoms with Gasteiger partial charge in [0.1, 0.15) is 5.82 Å². The van der Waals surface area contributed by atoms with Crippen molar-refractivity contribution in [3.8, 4) is 0 Å². The van der Waals surface area contributed by atoms with E-state index in [9.17, 15) is 4.79 Å². The van der Waals surface area contributed by atoms with Crippen molar-refractivity contribution in [2.24, 2.45) is 0 Å². The maximum absolute atomic E-state index is 12.5. The van der Waals surface area contributed by atoms with E-state index >= 15 is 0 Å². The first kappa shape index (κ1) is 16.8. The minimum Gasteiger partial charge on any atom is -0.384 e. The van der Waals surface area contributed by atoms with Gasteiger partial charge in [0.25, 0.3) is 0 Å². The molecule has 5 heteroatoms. The van der Waals surface area contributed by atoms with Gasteiger partial charge in [0.15, 0.2) is 5.78 Å². The molecule has 1 aliphatic carbocycles. The van der Waals surface area contributed by atoms with E-state index in [4.69, 9.17) is 5.73 Å². The van der Waals surface area contributed by atoms with Crippen molar-refractivity contribution in [1.82, 2.24) is 10.3 Å². The van der Waals surface area contributed by atoms with E-state index in [0.29, 0.717) is 30.1 Å². The summed E-state index contributed by atoms with van der Waals surface area (Å²) in [7, 11) is 0. The number of ketones is 1. The first-order chi connectivity index (χ1) is 12.1. The number of benzene rings is 1. The number of nitrogens with one attached hydrogen (secondary N) is 2. The lowest BCUT2D eigenvalue weighted by Crippen LogP contribution is -2.24. The fourth-order valence-corrected chi connectivity index (χ4v) is 2.94. The van der Waals surface area contributed by atoms with Gasteiger partial charge in [0.05, 0.1) is 5.57 Å². The predicted molar refractivity (Wildman–Crippen MR) is 101 cm³/mol. The van der Waals surface area contributed by atoms with E-state index in [-0.39, 0.29) is 5.78 Å². The molecule has 25 heavy (non-hydrogen) atoms. The highest BCUT2D eigenvalue weighted by Crippen LogP contribution is 2.26. The third-order valence-corrected chi connectivity index (χ3v) is 4.13. The van der Waals surface area contributed by atoms with Gasteiger partial charge < -0.3 is 16.4 Å². The molecule has 0 bridgehead atoms. The highest BCUT2D eigenvalue weighted by atomic mass is 16.1. The van der Waals surface area contributed by atoms with Gasteiger partial charge in [-0.25, -0.2) is 4.98 Å². The lowest BCUT2D eigenvalue weighted by atomic mass is 9.92. The van der Waals surface area contributed by atoms with Crippen LogP contribution < -0.4 is 16.4 Å². The fraction of sp³-hybridized carbons (Fsp3) is 0.200. The van der Waals surface area contributed by atoms with Crippen molar-refractivity contribution in [2.75, 3.05) is 11.1 Å². The van der Waals surface area contributed by atoms with Gasteiger partial charge in [0, 0.05) is 36.2 Å². The van der Waals surface area contributed by atoms with E-state index in [0.717, 1.165) is 29.8 Å². The Morgan fingerprint density at radius 2 is 2.00 bits per heavy atom. The molecule has 4 N–H and O–H groups in total. The number of rotatable bonds is 6. The summed E-state index contributed by atoms with van der Waals surface area (Å²) in [4.78, 5) is 16.5. The lowest BCUT2D eigenvalue weighted by Gasteiger charge is -2.23. The zero-order valence-corrected chi connectivity index (χ0v) is 14.1. The zero-order chi connectivity index (χ0) is 17.6. The van der Waals surface area contributed by atoms with Crippen LogP contribution in [0.3, 0.4) is 0 Å². The summed E-state index contributed by atoms with van der Waals surface area (Å²) in [6, 6.07) is 13.5. The number of aromatic nitrogens is 1. The molecular formula is C20H22N4O. The van der Waals surface area contributed by atoms with Crippen LogP contribution in [0.1, 0.15) is 24.8 Å². The summed E-state index contributed by atoms with van der Waals surface area (Å²) in [6.07, 6.45) is 3.92. The van der Waals surface area contributed by atoms with E-state index in [1.54, 1.807) is 6.20 Å². The monoisotopic (exact) mass is 334 g/mol. The van der Waals surface area contributed by atoms with Crippen molar-refractivity contribution < 1.29 is 4.79 Å². The molecule has 5 nitrogen and oxygen atoms in total. The number of nitrogen functional groups attached to an aromatic ring is 1. The van der Waals surface area contributed by atoms with Crippen LogP contribution in [0, 0.1) is 0 Å². The topological polar surface area (TPSA) is 80.0 Å². The van der Waals surface area contributed by atoms with Gasteiger partial charge in [-0.15, -0.1) is 0 Å². The third-order valence-electron chi connectivity index (χ3n) is 4.13. The Morgan fingerprint density at radius 1 is 1.20 bits per heavy atom. The summed E-state index contributed by atoms with van der Waals surface area (Å²) in [6.45, 7) is 4.68. The quantitative estimate of drug-likeness (QED) is 0.754. The summed E-state index contributed by atoms with van der Waals surface area (Å²) in [5.41, 5.74) is 9.89. The van der Waals surface area contributed by atoms with Gasteiger partial charge in [-0.3, -0.25) is 4.79 Å². The standard InChI is InChI=1S/C20H22N4O/c1-14(24-16-6-3-2-4-7-16)20-17(8-5-9-18(20)25)23-13-15-10-11-22-19(21)12-15/h2-4,6-7,10-12,23-24H,1,5,8-9,13H2,(H2,21,22). The Morgan fingerprint density at radius 3 is 2.76 bits per heavy atom. The largest absolute Gasteiger partial charge is 0.384 e. The molecule has 0 radical (unpaired) electrons. The maximum atomic E-state index is 12.5. The van der Waals surface area contributed by atoms with Crippen LogP contribution in [0.4, 0.5) is 11.5 Å². The van der Waals surface area contributed by atoms with Gasteiger partial charge in [-0.1, -0.05) is 24.8 Å². The minimum atomic E-state index is 0.122. The smallest absolute Gasteiger partial charge is 0.166 e. The molecule has 0 fully saturated rings. The average molecular weight is 334 g/mol. The van der Waals surface area contributed by atoms with Crippen LogP contribution in [0.2, 0.25) is 0 Å². The van der Waals surface area contributed by atoms with Crippen LogP contribution in [-0.4, -0.2) is 10.8 Å². The molecular weight excluding hydrogens is 312 g/mol. The van der Waals surface area contributed by atoms with Crippen molar-refractivity contribution >= 4 is 17.3 Å². The second-order valence-electron chi connectivity index (χ2n) is 6.04. The number of nitrogens with zero attached hydrogens (tertiary/aromatic N) is 1. The molecule has 128 valence electrons. The lowest BCUT2D eigenvalue weighted by molar-refractivity contribution is -0.115. The zero-order valence-electron chi connectivity index (χ0n) is 14.1. The molecule has 1 aromatic carbocycles. The van der Waals surface area contributed by atoms with E-state index in [1.807, 2.05) is 42.5 Å². The Bertz CT molecular complexity index is 811. The molecule has 0 saturated carbocycles. The number of hydrogen-bond donors (Lipinski definition) is 3. The second-order valence-corrected chi connectivity index (χ2v) is 6.04. The number of nitrogens with two attached hydrogens (primary N) is 1. The van der Waals surface area contributed by atoms with Crippen molar-refractivity contribution in [3.05, 3.63) is 77.8 Å². The fourth-order valence-electron chi connectivity index (χ4n) is 2.94. The minimum absolute atomic E-state index is 0.122. The van der Waals surface area contributed by atoms with Crippen molar-refractivity contribution in [2.45, 2.75) is 25.8 Å². The normalized spacial score (nSPS) is 14.3. The number of allylic oxidation sites excluding steroid dienone is 2. The molecule has 1 aromatic heterocycles. The summed E-state index contributed by atoms with van der Waals surface area (Å²) in [5, 5.41) is 6.62. The Kier molecular flexibility index (Phi) is 5.14. The van der Waals surface area contributed by atoms with Gasteiger partial charge >= 0.3 is 0 Å². The molecule has 3 rings (SSSR count). The first-order valence-electron chi connectivity index (χ1n) is 8.35. The van der Waals surface area contributed by atoms with E-state index < -0.39 is 0 Å². The number of anilines is 2. The molecule has 0 atom stereocenters.